The zero-order valence-electron chi connectivity index (χ0n) is 12.6. The highest BCUT2D eigenvalue weighted by Crippen LogP contribution is 2.33. The van der Waals surface area contributed by atoms with E-state index < -0.39 is 11.7 Å². The van der Waals surface area contributed by atoms with E-state index in [9.17, 15) is 18.0 Å². The monoisotopic (exact) mass is 352 g/mol. The van der Waals surface area contributed by atoms with Gasteiger partial charge in [0, 0.05) is 16.9 Å². The predicted octanol–water partition coefficient (Wildman–Crippen LogP) is 5.12. The molecule has 1 aromatic heterocycles. The number of aromatic nitrogens is 1. The summed E-state index contributed by atoms with van der Waals surface area (Å²) < 4.78 is 38.4. The maximum atomic E-state index is 12.8. The van der Waals surface area contributed by atoms with Crippen LogP contribution in [0.15, 0.2) is 41.8 Å². The molecule has 2 aromatic rings. The van der Waals surface area contributed by atoms with Crippen LogP contribution in [-0.4, -0.2) is 10.9 Å². The van der Waals surface area contributed by atoms with Gasteiger partial charge in [0.15, 0.2) is 5.13 Å². The third-order valence-electron chi connectivity index (χ3n) is 3.86. The van der Waals surface area contributed by atoms with Gasteiger partial charge < -0.3 is 5.32 Å². The summed E-state index contributed by atoms with van der Waals surface area (Å²) in [6.07, 6.45) is 2.04. The van der Waals surface area contributed by atoms with Crippen LogP contribution >= 0.6 is 11.3 Å². The number of thiazole rings is 1. The molecule has 0 aliphatic heterocycles. The number of anilines is 1. The molecule has 0 saturated heterocycles. The molecule has 3 rings (SSSR count). The zero-order chi connectivity index (χ0) is 17.2. The molecule has 3 nitrogen and oxygen atoms in total. The fourth-order valence-corrected chi connectivity index (χ4v) is 3.28. The minimum Gasteiger partial charge on any atom is -0.302 e. The summed E-state index contributed by atoms with van der Waals surface area (Å²) >= 11 is 1.21. The van der Waals surface area contributed by atoms with E-state index in [1.165, 1.54) is 17.4 Å². The third-order valence-corrected chi connectivity index (χ3v) is 4.62. The smallest absolute Gasteiger partial charge is 0.302 e. The van der Waals surface area contributed by atoms with Crippen LogP contribution in [0.1, 0.15) is 24.8 Å². The van der Waals surface area contributed by atoms with E-state index in [1.807, 2.05) is 6.08 Å². The maximum absolute atomic E-state index is 12.8. The molecule has 1 atom stereocenters. The lowest BCUT2D eigenvalue weighted by atomic mass is 9.94. The second-order valence-corrected chi connectivity index (χ2v) is 6.45. The van der Waals surface area contributed by atoms with Crippen molar-refractivity contribution in [1.29, 1.82) is 0 Å². The molecule has 0 fully saturated rings. The molecule has 1 aromatic carbocycles. The van der Waals surface area contributed by atoms with Gasteiger partial charge in [-0.15, -0.1) is 11.3 Å². The summed E-state index contributed by atoms with van der Waals surface area (Å²) in [5, 5.41) is 4.81. The van der Waals surface area contributed by atoms with Crippen LogP contribution in [-0.2, 0) is 11.0 Å². The number of rotatable bonds is 3. The van der Waals surface area contributed by atoms with Gasteiger partial charge >= 0.3 is 6.18 Å². The first kappa shape index (κ1) is 16.7. The van der Waals surface area contributed by atoms with Gasteiger partial charge in [-0.05, 0) is 31.4 Å². The van der Waals surface area contributed by atoms with Gasteiger partial charge in [0.2, 0.25) is 5.91 Å². The summed E-state index contributed by atoms with van der Waals surface area (Å²) in [5.74, 6) is -0.166. The molecule has 1 amide bonds. The number of nitrogens with zero attached hydrogens (tertiary/aromatic N) is 1. The molecule has 126 valence electrons. The highest BCUT2D eigenvalue weighted by Gasteiger charge is 2.30. The number of halogens is 3. The van der Waals surface area contributed by atoms with Crippen LogP contribution in [0.5, 0.6) is 0 Å². The van der Waals surface area contributed by atoms with Crippen molar-refractivity contribution in [3.8, 4) is 11.3 Å². The van der Waals surface area contributed by atoms with E-state index in [4.69, 9.17) is 0 Å². The first-order chi connectivity index (χ1) is 11.4. The van der Waals surface area contributed by atoms with Gasteiger partial charge in [-0.3, -0.25) is 4.79 Å². The molecule has 1 aliphatic carbocycles. The minimum atomic E-state index is -4.39. The molecule has 1 N–H and O–H groups in total. The van der Waals surface area contributed by atoms with Crippen molar-refractivity contribution in [2.75, 3.05) is 5.32 Å². The highest BCUT2D eigenvalue weighted by molar-refractivity contribution is 7.14. The van der Waals surface area contributed by atoms with Crippen molar-refractivity contribution in [3.05, 3.63) is 47.4 Å². The Bertz CT molecular complexity index is 767. The van der Waals surface area contributed by atoms with E-state index in [0.717, 1.165) is 25.0 Å². The number of carbonyl (C=O) groups is 1. The second-order valence-electron chi connectivity index (χ2n) is 5.59. The van der Waals surface area contributed by atoms with Gasteiger partial charge in [0.1, 0.15) is 0 Å². The molecular formula is C17H15F3N2OS. The number of nitrogens with one attached hydrogen (secondary N) is 1. The topological polar surface area (TPSA) is 42.0 Å². The highest BCUT2D eigenvalue weighted by atomic mass is 32.1. The average Bonchev–Trinajstić information content (AvgIpc) is 3.03. The molecule has 0 bridgehead atoms. The first-order valence-electron chi connectivity index (χ1n) is 7.52. The van der Waals surface area contributed by atoms with Gasteiger partial charge in [-0.25, -0.2) is 4.98 Å². The summed E-state index contributed by atoms with van der Waals surface area (Å²) in [5.41, 5.74) is 0.0830. The van der Waals surface area contributed by atoms with Crippen LogP contribution in [0.3, 0.4) is 0 Å². The molecule has 1 aliphatic rings. The normalized spacial score (nSPS) is 17.7. The van der Waals surface area contributed by atoms with E-state index >= 15 is 0 Å². The fraction of sp³-hybridized carbons (Fsp3) is 0.294. The minimum absolute atomic E-state index is 0.0732. The largest absolute Gasteiger partial charge is 0.416 e. The van der Waals surface area contributed by atoms with Crippen molar-refractivity contribution in [2.45, 2.75) is 25.4 Å². The molecule has 0 unspecified atom stereocenters. The summed E-state index contributed by atoms with van der Waals surface area (Å²) in [6, 6.07) is 5.01. The number of hydrogen-bond donors (Lipinski definition) is 1. The van der Waals surface area contributed by atoms with Crippen LogP contribution in [0, 0.1) is 5.92 Å². The number of allylic oxidation sites excluding steroid dienone is 2. The quantitative estimate of drug-likeness (QED) is 0.779. The molecular weight excluding hydrogens is 337 g/mol. The van der Waals surface area contributed by atoms with Gasteiger partial charge in [-0.2, -0.15) is 13.2 Å². The maximum Gasteiger partial charge on any atom is 0.416 e. The Morgan fingerprint density at radius 1 is 1.29 bits per heavy atom. The molecule has 0 radical (unpaired) electrons. The van der Waals surface area contributed by atoms with Gasteiger partial charge in [0.05, 0.1) is 11.3 Å². The molecule has 7 heteroatoms. The molecule has 24 heavy (non-hydrogen) atoms. The van der Waals surface area contributed by atoms with Crippen molar-refractivity contribution in [2.24, 2.45) is 5.92 Å². The number of benzene rings is 1. The lowest BCUT2D eigenvalue weighted by molar-refractivity contribution is -0.137. The van der Waals surface area contributed by atoms with Crippen molar-refractivity contribution in [3.63, 3.8) is 0 Å². The second kappa shape index (κ2) is 6.76. The molecule has 0 saturated carbocycles. The third kappa shape index (κ3) is 3.84. The van der Waals surface area contributed by atoms with E-state index in [0.29, 0.717) is 22.8 Å². The average molecular weight is 352 g/mol. The Labute approximate surface area is 141 Å². The van der Waals surface area contributed by atoms with E-state index in [1.54, 1.807) is 11.4 Å². The van der Waals surface area contributed by atoms with Crippen LogP contribution in [0.4, 0.5) is 18.3 Å². The van der Waals surface area contributed by atoms with Crippen LogP contribution in [0.2, 0.25) is 0 Å². The summed E-state index contributed by atoms with van der Waals surface area (Å²) in [6.45, 7) is 0. The summed E-state index contributed by atoms with van der Waals surface area (Å²) in [7, 11) is 0. The Kier molecular flexibility index (Phi) is 4.71. The Hall–Kier alpha value is -2.15. The Balaban J connectivity index is 1.74. The van der Waals surface area contributed by atoms with Gasteiger partial charge in [0.25, 0.3) is 0 Å². The first-order valence-corrected chi connectivity index (χ1v) is 8.40. The van der Waals surface area contributed by atoms with Gasteiger partial charge in [-0.1, -0.05) is 24.3 Å². The van der Waals surface area contributed by atoms with Crippen molar-refractivity contribution >= 4 is 22.4 Å². The van der Waals surface area contributed by atoms with Crippen LogP contribution in [0.25, 0.3) is 11.3 Å². The van der Waals surface area contributed by atoms with E-state index in [2.05, 4.69) is 16.4 Å². The fourth-order valence-electron chi connectivity index (χ4n) is 2.56. The van der Waals surface area contributed by atoms with Crippen LogP contribution < -0.4 is 5.32 Å². The standard InChI is InChI=1S/C17H15F3N2OS/c18-17(19,20)13-8-4-7-12(9-13)14-10-24-16(21-14)22-15(23)11-5-2-1-3-6-11/h1-2,4,7-11H,3,5-6H2,(H,21,22,23)/t11-/m0/s1. The summed E-state index contributed by atoms with van der Waals surface area (Å²) in [4.78, 5) is 16.4. The SMILES string of the molecule is O=C(Nc1nc(-c2cccc(C(F)(F)F)c2)cs1)[C@H]1CC=CCC1. The Morgan fingerprint density at radius 3 is 2.83 bits per heavy atom. The zero-order valence-corrected chi connectivity index (χ0v) is 13.5. The molecule has 1 heterocycles. The number of amides is 1. The van der Waals surface area contributed by atoms with Crippen molar-refractivity contribution in [1.82, 2.24) is 4.98 Å². The predicted molar refractivity (Wildman–Crippen MR) is 87.7 cm³/mol. The Morgan fingerprint density at radius 2 is 2.12 bits per heavy atom. The van der Waals surface area contributed by atoms with Crippen molar-refractivity contribution < 1.29 is 18.0 Å². The van der Waals surface area contributed by atoms with E-state index in [-0.39, 0.29) is 11.8 Å². The lowest BCUT2D eigenvalue weighted by Crippen LogP contribution is -2.23. The number of alkyl halides is 3. The number of hydrogen-bond acceptors (Lipinski definition) is 3. The lowest BCUT2D eigenvalue weighted by Gasteiger charge is -2.15. The number of carbonyl (C=O) groups excluding carboxylic acids is 1. The molecule has 0 spiro atoms.